The van der Waals surface area contributed by atoms with Gasteiger partial charge in [-0.05, 0) is 13.3 Å². The molecule has 0 atom stereocenters. The minimum Gasteiger partial charge on any atom is -0.370 e. The summed E-state index contributed by atoms with van der Waals surface area (Å²) in [6, 6.07) is 0. The lowest BCUT2D eigenvalue weighted by Gasteiger charge is -2.14. The Balaban J connectivity index is 2.03. The van der Waals surface area contributed by atoms with E-state index in [2.05, 4.69) is 44.8 Å². The monoisotopic (exact) mass is 291 g/mol. The predicted molar refractivity (Wildman–Crippen MR) is 84.5 cm³/mol. The molecule has 0 aromatic carbocycles. The van der Waals surface area contributed by atoms with Gasteiger partial charge in [-0.25, -0.2) is 15.0 Å². The molecule has 2 aromatic heterocycles. The van der Waals surface area contributed by atoms with Crippen LogP contribution in [0.15, 0.2) is 17.2 Å². The number of nitrogens with one attached hydrogen (secondary N) is 2. The van der Waals surface area contributed by atoms with E-state index in [-0.39, 0.29) is 0 Å². The summed E-state index contributed by atoms with van der Waals surface area (Å²) in [7, 11) is 0. The molecule has 5 nitrogen and oxygen atoms in total. The summed E-state index contributed by atoms with van der Waals surface area (Å²) in [6.45, 7) is 5.95. The number of hydrogen-bond acceptors (Lipinski definition) is 6. The van der Waals surface area contributed by atoms with Crippen molar-refractivity contribution < 1.29 is 0 Å². The Hall–Kier alpha value is -1.69. The second-order valence-electron chi connectivity index (χ2n) is 4.49. The Morgan fingerprint density at radius 2 is 1.85 bits per heavy atom. The molecule has 0 spiro atoms. The highest BCUT2D eigenvalue weighted by Crippen LogP contribution is 2.21. The summed E-state index contributed by atoms with van der Waals surface area (Å²) >= 11 is 1.63. The van der Waals surface area contributed by atoms with Gasteiger partial charge in [-0.3, -0.25) is 0 Å². The third kappa shape index (κ3) is 3.90. The summed E-state index contributed by atoms with van der Waals surface area (Å²) in [5, 5.41) is 8.79. The second kappa shape index (κ2) is 7.79. The minimum atomic E-state index is 0.836. The van der Waals surface area contributed by atoms with Crippen LogP contribution in [0.3, 0.4) is 0 Å². The van der Waals surface area contributed by atoms with Crippen LogP contribution in [-0.4, -0.2) is 28.0 Å². The van der Waals surface area contributed by atoms with E-state index >= 15 is 0 Å². The van der Waals surface area contributed by atoms with Crippen LogP contribution in [0, 0.1) is 0 Å². The molecule has 0 fully saturated rings. The van der Waals surface area contributed by atoms with Gasteiger partial charge in [-0.2, -0.15) is 0 Å². The van der Waals surface area contributed by atoms with Gasteiger partial charge < -0.3 is 10.6 Å². The van der Waals surface area contributed by atoms with E-state index < -0.39 is 0 Å². The van der Waals surface area contributed by atoms with E-state index in [0.29, 0.717) is 0 Å². The van der Waals surface area contributed by atoms with Crippen LogP contribution >= 0.6 is 11.3 Å². The largest absolute Gasteiger partial charge is 0.370 e. The Labute approximate surface area is 123 Å². The van der Waals surface area contributed by atoms with Gasteiger partial charge in [-0.15, -0.1) is 11.3 Å². The first kappa shape index (κ1) is 14.7. The summed E-state index contributed by atoms with van der Waals surface area (Å²) < 4.78 is 0. The quantitative estimate of drug-likeness (QED) is 0.783. The van der Waals surface area contributed by atoms with Crippen molar-refractivity contribution >= 4 is 23.0 Å². The number of anilines is 2. The molecule has 0 aliphatic heterocycles. The van der Waals surface area contributed by atoms with Crippen LogP contribution in [0.5, 0.6) is 0 Å². The normalized spacial score (nSPS) is 10.5. The Kier molecular flexibility index (Phi) is 5.73. The number of hydrogen-bond donors (Lipinski definition) is 2. The van der Waals surface area contributed by atoms with Crippen molar-refractivity contribution in [2.45, 2.75) is 33.1 Å². The molecule has 2 heterocycles. The maximum Gasteiger partial charge on any atom is 0.134 e. The molecule has 0 amide bonds. The molecule has 0 aliphatic carbocycles. The van der Waals surface area contributed by atoms with Crippen molar-refractivity contribution in [3.63, 3.8) is 0 Å². The Bertz CT molecular complexity index is 512. The minimum absolute atomic E-state index is 0.836. The lowest BCUT2D eigenvalue weighted by molar-refractivity contribution is 0.889. The van der Waals surface area contributed by atoms with Crippen molar-refractivity contribution in [1.82, 2.24) is 15.0 Å². The molecule has 6 heteroatoms. The van der Waals surface area contributed by atoms with Crippen molar-refractivity contribution in [1.29, 1.82) is 0 Å². The first-order chi connectivity index (χ1) is 9.85. The predicted octanol–water partition coefficient (Wildman–Crippen LogP) is 2.97. The highest BCUT2D eigenvalue weighted by molar-refractivity contribution is 7.07. The average molecular weight is 291 g/mol. The fourth-order valence-corrected chi connectivity index (χ4v) is 2.63. The molecule has 20 heavy (non-hydrogen) atoms. The van der Waals surface area contributed by atoms with Crippen molar-refractivity contribution in [2.75, 3.05) is 23.7 Å². The Morgan fingerprint density at radius 3 is 2.50 bits per heavy atom. The van der Waals surface area contributed by atoms with E-state index in [1.807, 2.05) is 5.51 Å². The van der Waals surface area contributed by atoms with Crippen LogP contribution in [-0.2, 0) is 12.8 Å². The number of aromatic nitrogens is 3. The summed E-state index contributed by atoms with van der Waals surface area (Å²) in [5.41, 5.74) is 4.17. The summed E-state index contributed by atoms with van der Waals surface area (Å²) in [5.74, 6) is 1.88. The third-order valence-electron chi connectivity index (χ3n) is 2.95. The van der Waals surface area contributed by atoms with E-state index in [9.17, 15) is 0 Å². The fourth-order valence-electron chi connectivity index (χ4n) is 2.04. The molecule has 2 N–H and O–H groups in total. The molecule has 2 aromatic rings. The van der Waals surface area contributed by atoms with Gasteiger partial charge in [0.2, 0.25) is 0 Å². The maximum absolute atomic E-state index is 4.38. The number of nitrogens with zero attached hydrogens (tertiary/aromatic N) is 3. The van der Waals surface area contributed by atoms with Crippen LogP contribution in [0.1, 0.15) is 31.5 Å². The van der Waals surface area contributed by atoms with Crippen LogP contribution < -0.4 is 10.6 Å². The molecule has 2 rings (SSSR count). The molecule has 0 saturated heterocycles. The summed E-state index contributed by atoms with van der Waals surface area (Å²) in [6.07, 6.45) is 4.58. The number of rotatable bonds is 8. The third-order valence-corrected chi connectivity index (χ3v) is 3.58. The average Bonchev–Trinajstić information content (AvgIpc) is 2.96. The zero-order valence-electron chi connectivity index (χ0n) is 12.0. The maximum atomic E-state index is 4.38. The zero-order chi connectivity index (χ0) is 14.2. The zero-order valence-corrected chi connectivity index (χ0v) is 12.8. The van der Waals surface area contributed by atoms with E-state index in [4.69, 9.17) is 0 Å². The van der Waals surface area contributed by atoms with Gasteiger partial charge in [0, 0.05) is 30.5 Å². The fraction of sp³-hybridized carbons (Fsp3) is 0.500. The number of thiazole rings is 1. The van der Waals surface area contributed by atoms with E-state index in [0.717, 1.165) is 49.7 Å². The first-order valence-corrected chi connectivity index (χ1v) is 7.98. The van der Waals surface area contributed by atoms with E-state index in [1.54, 1.807) is 17.7 Å². The molecular formula is C14H21N5S. The van der Waals surface area contributed by atoms with Crippen molar-refractivity contribution in [2.24, 2.45) is 0 Å². The lowest BCUT2D eigenvalue weighted by atomic mass is 10.1. The molecule has 0 unspecified atom stereocenters. The Morgan fingerprint density at radius 1 is 1.05 bits per heavy atom. The van der Waals surface area contributed by atoms with Gasteiger partial charge in [0.25, 0.3) is 0 Å². The molecule has 0 bridgehead atoms. The smallest absolute Gasteiger partial charge is 0.134 e. The van der Waals surface area contributed by atoms with Crippen LogP contribution in [0.25, 0.3) is 0 Å². The molecule has 0 saturated carbocycles. The van der Waals surface area contributed by atoms with Crippen LogP contribution in [0.4, 0.5) is 11.6 Å². The second-order valence-corrected chi connectivity index (χ2v) is 5.21. The van der Waals surface area contributed by atoms with E-state index in [1.165, 1.54) is 5.56 Å². The van der Waals surface area contributed by atoms with Crippen molar-refractivity contribution in [3.05, 3.63) is 28.5 Å². The standard InChI is InChI=1S/C14H21N5S/c1-3-5-12-13(15-4-2)17-9-18-14(12)16-7-6-11-8-20-10-19-11/h8-10H,3-7H2,1-2H3,(H2,15,16,17,18). The van der Waals surface area contributed by atoms with Gasteiger partial charge in [0.15, 0.2) is 0 Å². The molecule has 0 aliphatic rings. The topological polar surface area (TPSA) is 62.7 Å². The van der Waals surface area contributed by atoms with Gasteiger partial charge in [0.05, 0.1) is 11.2 Å². The van der Waals surface area contributed by atoms with Crippen LogP contribution in [0.2, 0.25) is 0 Å². The molecule has 108 valence electrons. The lowest BCUT2D eigenvalue weighted by Crippen LogP contribution is -2.12. The van der Waals surface area contributed by atoms with Gasteiger partial charge in [0.1, 0.15) is 18.0 Å². The summed E-state index contributed by atoms with van der Waals surface area (Å²) in [4.78, 5) is 13.0. The first-order valence-electron chi connectivity index (χ1n) is 7.03. The highest BCUT2D eigenvalue weighted by atomic mass is 32.1. The SMILES string of the molecule is CCCc1c(NCC)ncnc1NCCc1cscn1. The molecule has 0 radical (unpaired) electrons. The molecular weight excluding hydrogens is 270 g/mol. The van der Waals surface area contributed by atoms with Crippen molar-refractivity contribution in [3.8, 4) is 0 Å². The van der Waals surface area contributed by atoms with Gasteiger partial charge in [-0.1, -0.05) is 13.3 Å². The van der Waals surface area contributed by atoms with Gasteiger partial charge >= 0.3 is 0 Å². The highest BCUT2D eigenvalue weighted by Gasteiger charge is 2.09.